The van der Waals surface area contributed by atoms with Gasteiger partial charge in [0.1, 0.15) is 0 Å². The van der Waals surface area contributed by atoms with Crippen LogP contribution in [0.4, 0.5) is 0 Å². The summed E-state index contributed by atoms with van der Waals surface area (Å²) in [5.74, 6) is 0. The number of hydrogen-bond acceptors (Lipinski definition) is 1. The van der Waals surface area contributed by atoms with E-state index in [1.165, 1.54) is 3.94 Å². The minimum absolute atomic E-state index is 0. The minimum atomic E-state index is -0.127. The maximum absolute atomic E-state index is 5.71. The molecule has 0 amide bonds. The molecule has 0 aromatic heterocycles. The van der Waals surface area contributed by atoms with E-state index in [1.807, 2.05) is 13.8 Å². The standard InChI is InChI=1S/C9H21Cl2N2.ClH/c1-9(2,12(10)11)7-6-8-13(3,4)5;/h6-8H2,1-5H3;1H/q+1;/p-1. The summed E-state index contributed by atoms with van der Waals surface area (Å²) in [5, 5.41) is 0. The predicted octanol–water partition coefficient (Wildman–Crippen LogP) is -0.135. The zero-order valence-electron chi connectivity index (χ0n) is 9.65. The third-order valence-corrected chi connectivity index (χ3v) is 2.99. The lowest BCUT2D eigenvalue weighted by Crippen LogP contribution is -3.00. The van der Waals surface area contributed by atoms with Crippen LogP contribution >= 0.6 is 23.6 Å². The van der Waals surface area contributed by atoms with Crippen LogP contribution in [0.3, 0.4) is 0 Å². The highest BCUT2D eigenvalue weighted by molar-refractivity contribution is 6.34. The molecule has 5 heteroatoms. The number of hydrogen-bond donors (Lipinski definition) is 0. The number of halogens is 3. The van der Waals surface area contributed by atoms with Gasteiger partial charge in [-0.05, 0) is 50.2 Å². The van der Waals surface area contributed by atoms with E-state index in [9.17, 15) is 0 Å². The molecule has 0 bridgehead atoms. The molecule has 0 N–H and O–H groups in total. The first-order chi connectivity index (χ1) is 5.65. The van der Waals surface area contributed by atoms with Crippen molar-refractivity contribution in [1.29, 1.82) is 0 Å². The highest BCUT2D eigenvalue weighted by atomic mass is 35.5. The first-order valence-corrected chi connectivity index (χ1v) is 5.25. The average Bonchev–Trinajstić information content (AvgIpc) is 1.82. The lowest BCUT2D eigenvalue weighted by Gasteiger charge is -2.30. The van der Waals surface area contributed by atoms with Gasteiger partial charge >= 0.3 is 0 Å². The molecule has 0 spiro atoms. The van der Waals surface area contributed by atoms with Crippen molar-refractivity contribution in [2.24, 2.45) is 0 Å². The lowest BCUT2D eigenvalue weighted by atomic mass is 10.00. The second-order valence-electron chi connectivity index (χ2n) is 5.16. The Kier molecular flexibility index (Phi) is 7.85. The van der Waals surface area contributed by atoms with Crippen molar-refractivity contribution in [1.82, 2.24) is 3.94 Å². The van der Waals surface area contributed by atoms with Gasteiger partial charge in [0.05, 0.1) is 27.7 Å². The first kappa shape index (κ1) is 17.2. The number of rotatable bonds is 5. The quantitative estimate of drug-likeness (QED) is 0.493. The van der Waals surface area contributed by atoms with Crippen LogP contribution in [0.5, 0.6) is 0 Å². The molecule has 0 heterocycles. The maximum Gasteiger partial charge on any atom is 0.0781 e. The molecule has 2 nitrogen and oxygen atoms in total. The fourth-order valence-electron chi connectivity index (χ4n) is 1.07. The van der Waals surface area contributed by atoms with Crippen LogP contribution in [-0.4, -0.2) is 41.6 Å². The predicted molar refractivity (Wildman–Crippen MR) is 59.8 cm³/mol. The summed E-state index contributed by atoms with van der Waals surface area (Å²) < 4.78 is 2.24. The van der Waals surface area contributed by atoms with E-state index in [-0.39, 0.29) is 17.9 Å². The normalized spacial score (nSPS) is 12.9. The Balaban J connectivity index is 0. The lowest BCUT2D eigenvalue weighted by molar-refractivity contribution is -0.870. The monoisotopic (exact) mass is 262 g/mol. The summed E-state index contributed by atoms with van der Waals surface area (Å²) >= 11 is 11.4. The van der Waals surface area contributed by atoms with Crippen molar-refractivity contribution in [2.45, 2.75) is 32.2 Å². The van der Waals surface area contributed by atoms with Crippen LogP contribution in [-0.2, 0) is 0 Å². The van der Waals surface area contributed by atoms with Crippen LogP contribution in [0.25, 0.3) is 0 Å². The van der Waals surface area contributed by atoms with Gasteiger partial charge in [-0.15, -0.1) is 3.94 Å². The minimum Gasteiger partial charge on any atom is -1.00 e. The third kappa shape index (κ3) is 8.13. The largest absolute Gasteiger partial charge is 1.00 e. The van der Waals surface area contributed by atoms with Crippen LogP contribution < -0.4 is 12.4 Å². The van der Waals surface area contributed by atoms with E-state index < -0.39 is 0 Å². The summed E-state index contributed by atoms with van der Waals surface area (Å²) in [5.41, 5.74) is -0.127. The van der Waals surface area contributed by atoms with Crippen molar-refractivity contribution < 1.29 is 16.9 Å². The molecule has 0 aliphatic rings. The summed E-state index contributed by atoms with van der Waals surface area (Å²) in [6, 6.07) is 0. The molecule has 0 unspecified atom stereocenters. The topological polar surface area (TPSA) is 3.24 Å². The Morgan fingerprint density at radius 3 is 1.86 bits per heavy atom. The van der Waals surface area contributed by atoms with Gasteiger partial charge in [0.2, 0.25) is 0 Å². The van der Waals surface area contributed by atoms with Gasteiger partial charge in [0.15, 0.2) is 0 Å². The zero-order valence-corrected chi connectivity index (χ0v) is 11.9. The van der Waals surface area contributed by atoms with Crippen molar-refractivity contribution >= 4 is 23.6 Å². The third-order valence-electron chi connectivity index (χ3n) is 2.08. The molecular formula is C9H21Cl3N2. The van der Waals surface area contributed by atoms with Crippen LogP contribution in [0.1, 0.15) is 26.7 Å². The van der Waals surface area contributed by atoms with E-state index in [0.29, 0.717) is 0 Å². The molecule has 14 heavy (non-hydrogen) atoms. The van der Waals surface area contributed by atoms with Crippen molar-refractivity contribution in [3.05, 3.63) is 0 Å². The highest BCUT2D eigenvalue weighted by Gasteiger charge is 2.24. The number of nitrogens with zero attached hydrogens (tertiary/aromatic N) is 2. The van der Waals surface area contributed by atoms with Crippen LogP contribution in [0, 0.1) is 0 Å². The molecule has 0 atom stereocenters. The Hall–Kier alpha value is 0.790. The molecule has 0 fully saturated rings. The Bertz CT molecular complexity index is 153. The summed E-state index contributed by atoms with van der Waals surface area (Å²) in [7, 11) is 6.56. The zero-order chi connectivity index (χ0) is 10.7. The molecule has 0 aliphatic carbocycles. The van der Waals surface area contributed by atoms with Gasteiger partial charge in [-0.1, -0.05) is 0 Å². The fourth-order valence-corrected chi connectivity index (χ4v) is 1.24. The molecule has 0 aliphatic heterocycles. The Morgan fingerprint density at radius 2 is 1.57 bits per heavy atom. The van der Waals surface area contributed by atoms with Crippen molar-refractivity contribution in [3.63, 3.8) is 0 Å². The number of quaternary nitrogens is 1. The van der Waals surface area contributed by atoms with Crippen LogP contribution in [0.2, 0.25) is 0 Å². The van der Waals surface area contributed by atoms with Gasteiger partial charge in [-0.3, -0.25) is 0 Å². The van der Waals surface area contributed by atoms with E-state index in [2.05, 4.69) is 21.1 Å². The van der Waals surface area contributed by atoms with Gasteiger partial charge in [-0.25, -0.2) is 0 Å². The van der Waals surface area contributed by atoms with E-state index in [0.717, 1.165) is 23.9 Å². The Labute approximate surface area is 104 Å². The smallest absolute Gasteiger partial charge is 0.0781 e. The van der Waals surface area contributed by atoms with E-state index >= 15 is 0 Å². The average molecular weight is 264 g/mol. The molecule has 0 saturated carbocycles. The van der Waals surface area contributed by atoms with E-state index in [1.54, 1.807) is 0 Å². The molecule has 0 aromatic carbocycles. The highest BCUT2D eigenvalue weighted by Crippen LogP contribution is 2.24. The molecule has 88 valence electrons. The van der Waals surface area contributed by atoms with E-state index in [4.69, 9.17) is 23.6 Å². The fraction of sp³-hybridized carbons (Fsp3) is 1.00. The SMILES string of the molecule is CC(C)(CCC[N+](C)(C)C)N(Cl)Cl.[Cl-]. The second-order valence-corrected chi connectivity index (χ2v) is 6.01. The van der Waals surface area contributed by atoms with Crippen molar-refractivity contribution in [2.75, 3.05) is 27.7 Å². The molecule has 0 rings (SSSR count). The summed E-state index contributed by atoms with van der Waals surface area (Å²) in [4.78, 5) is 0. The first-order valence-electron chi connectivity index (χ1n) is 4.57. The molecule has 0 radical (unpaired) electrons. The summed E-state index contributed by atoms with van der Waals surface area (Å²) in [6.45, 7) is 5.23. The molecule has 0 saturated heterocycles. The summed E-state index contributed by atoms with van der Waals surface area (Å²) in [6.07, 6.45) is 2.14. The van der Waals surface area contributed by atoms with Gasteiger partial charge in [-0.2, -0.15) is 0 Å². The van der Waals surface area contributed by atoms with Crippen molar-refractivity contribution in [3.8, 4) is 0 Å². The second kappa shape index (κ2) is 6.39. The molecule has 0 aromatic rings. The van der Waals surface area contributed by atoms with Gasteiger partial charge in [0, 0.05) is 5.54 Å². The molecular weight excluding hydrogens is 242 g/mol. The van der Waals surface area contributed by atoms with Gasteiger partial charge in [0.25, 0.3) is 0 Å². The maximum atomic E-state index is 5.71. The van der Waals surface area contributed by atoms with Crippen LogP contribution in [0.15, 0.2) is 0 Å². The Morgan fingerprint density at radius 1 is 1.14 bits per heavy atom. The van der Waals surface area contributed by atoms with Gasteiger partial charge < -0.3 is 16.9 Å².